The van der Waals surface area contributed by atoms with E-state index in [2.05, 4.69) is 16.7 Å². The minimum Gasteiger partial charge on any atom is -0.396 e. The molecule has 2 N–H and O–H groups in total. The second kappa shape index (κ2) is 13.6. The molecule has 0 saturated carbocycles. The molecule has 2 amide bonds. The van der Waals surface area contributed by atoms with Crippen molar-refractivity contribution >= 4 is 37.3 Å². The molecule has 0 bridgehead atoms. The Morgan fingerprint density at radius 2 is 1.51 bits per heavy atom. The van der Waals surface area contributed by atoms with Crippen molar-refractivity contribution < 1.29 is 29.0 Å². The molecule has 7 nitrogen and oxygen atoms in total. The van der Waals surface area contributed by atoms with E-state index in [4.69, 9.17) is 5.80 Å². The van der Waals surface area contributed by atoms with E-state index >= 15 is 0 Å². The van der Waals surface area contributed by atoms with Crippen molar-refractivity contribution in [2.24, 2.45) is 0 Å². The first kappa shape index (κ1) is 31.8. The van der Waals surface area contributed by atoms with E-state index < -0.39 is 25.6 Å². The highest BCUT2D eigenvalue weighted by Crippen LogP contribution is 2.43. The van der Waals surface area contributed by atoms with E-state index in [1.165, 1.54) is 32.0 Å². The number of aryl methyl sites for hydroxylation is 2. The zero-order valence-electron chi connectivity index (χ0n) is 23.7. The number of halogens is 2. The lowest BCUT2D eigenvalue weighted by Crippen LogP contribution is -2.38. The molecule has 212 valence electrons. The first-order chi connectivity index (χ1) is 18.2. The van der Waals surface area contributed by atoms with E-state index in [0.717, 1.165) is 11.1 Å². The quantitative estimate of drug-likeness (QED) is 0.397. The maximum atomic E-state index is 14.1. The Morgan fingerprint density at radius 1 is 1.00 bits per heavy atom. The number of nitrogens with one attached hydrogen (secondary N) is 2. The van der Waals surface area contributed by atoms with Gasteiger partial charge in [-0.25, -0.2) is 8.78 Å². The molecule has 2 aliphatic carbocycles. The fraction of sp³-hybridized carbons (Fsp3) is 0.448. The molecule has 2 aliphatic rings. The van der Waals surface area contributed by atoms with Crippen LogP contribution in [0.3, 0.4) is 0 Å². The van der Waals surface area contributed by atoms with Gasteiger partial charge in [-0.05, 0) is 74.3 Å². The summed E-state index contributed by atoms with van der Waals surface area (Å²) in [6.45, 7) is 11.0. The predicted octanol–water partition coefficient (Wildman–Crippen LogP) is 6.88. The number of fused-ring (bicyclic) bond motifs is 2. The van der Waals surface area contributed by atoms with Crippen LogP contribution in [0.2, 0.25) is 19.6 Å². The van der Waals surface area contributed by atoms with E-state index in [0.29, 0.717) is 43.7 Å². The maximum absolute atomic E-state index is 14.1. The van der Waals surface area contributed by atoms with Crippen LogP contribution >= 0.6 is 0 Å². The highest BCUT2D eigenvalue weighted by molar-refractivity contribution is 6.69. The van der Waals surface area contributed by atoms with Crippen molar-refractivity contribution in [1.82, 2.24) is 0 Å². The lowest BCUT2D eigenvalue weighted by molar-refractivity contribution is -0.115. The number of benzene rings is 2. The van der Waals surface area contributed by atoms with Gasteiger partial charge in [-0.2, -0.15) is 5.26 Å². The summed E-state index contributed by atoms with van der Waals surface area (Å²) < 4.78 is 39.8. The monoisotopic (exact) mass is 560 g/mol. The predicted molar refractivity (Wildman–Crippen MR) is 152 cm³/mol. The van der Waals surface area contributed by atoms with Crippen molar-refractivity contribution in [3.63, 3.8) is 0 Å². The van der Waals surface area contributed by atoms with Gasteiger partial charge in [0.2, 0.25) is 11.8 Å². The average Bonchev–Trinajstić information content (AvgIpc) is 3.34. The lowest BCUT2D eigenvalue weighted by atomic mass is 9.97. The smallest absolute Gasteiger partial charge is 0.221 e. The van der Waals surface area contributed by atoms with Crippen molar-refractivity contribution in [1.29, 1.82) is 5.26 Å². The largest absolute Gasteiger partial charge is 0.396 e. The Balaban J connectivity index is 0.000000370. The van der Waals surface area contributed by atoms with Crippen LogP contribution in [0.15, 0.2) is 24.3 Å². The number of anilines is 2. The number of nitriles is 1. The Labute approximate surface area is 232 Å². The Hall–Kier alpha value is -3.42. The van der Waals surface area contributed by atoms with E-state index in [-0.39, 0.29) is 36.4 Å². The molecule has 0 radical (unpaired) electrons. The van der Waals surface area contributed by atoms with Crippen LogP contribution in [-0.2, 0) is 32.5 Å². The van der Waals surface area contributed by atoms with Crippen LogP contribution in [0, 0.1) is 23.0 Å². The zero-order chi connectivity index (χ0) is 29.5. The number of carbonyl (C=O) groups excluding carboxylic acids is 3. The van der Waals surface area contributed by atoms with Crippen LogP contribution in [0.4, 0.5) is 20.2 Å². The van der Waals surface area contributed by atoms with Gasteiger partial charge in [0.1, 0.15) is 17.7 Å². The van der Waals surface area contributed by atoms with Gasteiger partial charge in [-0.3, -0.25) is 14.4 Å². The topological polar surface area (TPSA) is 108 Å². The second-order valence-corrected chi connectivity index (χ2v) is 14.3. The summed E-state index contributed by atoms with van der Waals surface area (Å²) in [4.78, 5) is 33.2. The van der Waals surface area contributed by atoms with Crippen molar-refractivity contribution in [3.8, 4) is 6.07 Å². The van der Waals surface area contributed by atoms with Crippen molar-refractivity contribution in [2.45, 2.75) is 86.0 Å². The number of hydrogen-bond acceptors (Lipinski definition) is 5. The summed E-state index contributed by atoms with van der Waals surface area (Å²) in [5, 5.41) is 14.4. The lowest BCUT2D eigenvalue weighted by Gasteiger charge is -2.31. The molecule has 2 aromatic rings. The molecular weight excluding hydrogens is 520 g/mol. The fourth-order valence-corrected chi connectivity index (χ4v) is 5.76. The van der Waals surface area contributed by atoms with Crippen LogP contribution in [-0.4, -0.2) is 25.9 Å². The van der Waals surface area contributed by atoms with Crippen molar-refractivity contribution in [2.75, 3.05) is 10.6 Å². The molecule has 2 aromatic carbocycles. The van der Waals surface area contributed by atoms with Gasteiger partial charge in [0.15, 0.2) is 19.7 Å². The molecule has 1 atom stereocenters. The third-order valence-electron chi connectivity index (χ3n) is 5.77. The summed E-state index contributed by atoms with van der Waals surface area (Å²) in [5.74, 6) is -1.77. The van der Waals surface area contributed by atoms with Gasteiger partial charge >= 0.3 is 0 Å². The Kier molecular flexibility index (Phi) is 11.1. The highest BCUT2D eigenvalue weighted by atomic mass is 28.4. The fourth-order valence-electron chi connectivity index (χ4n) is 4.45. The summed E-state index contributed by atoms with van der Waals surface area (Å²) in [6, 6.07) is 7.92. The van der Waals surface area contributed by atoms with E-state index in [1.807, 2.05) is 19.6 Å². The van der Waals surface area contributed by atoms with Gasteiger partial charge < -0.3 is 15.1 Å². The van der Waals surface area contributed by atoms with Crippen LogP contribution < -0.4 is 10.6 Å². The maximum Gasteiger partial charge on any atom is 0.221 e. The van der Waals surface area contributed by atoms with Crippen LogP contribution in [0.5, 0.6) is 0 Å². The Bertz CT molecular complexity index is 1310. The van der Waals surface area contributed by atoms with Gasteiger partial charge in [-0.15, -0.1) is 0 Å². The molecule has 10 heteroatoms. The van der Waals surface area contributed by atoms with Crippen molar-refractivity contribution in [3.05, 3.63) is 58.2 Å². The van der Waals surface area contributed by atoms with Gasteiger partial charge in [0, 0.05) is 32.8 Å². The molecule has 4 rings (SSSR count). The number of Topliss-reactive ketones (excluding diaryl/α,β-unsaturated/α-hetero) is 1. The minimum absolute atomic E-state index is 0. The number of nitrogens with zero attached hydrogens (tertiary/aromatic N) is 1. The molecule has 0 heterocycles. The van der Waals surface area contributed by atoms with Gasteiger partial charge in [0.05, 0.1) is 11.4 Å². The number of rotatable bonds is 4. The molecule has 0 fully saturated rings. The van der Waals surface area contributed by atoms with E-state index in [1.54, 1.807) is 13.0 Å². The summed E-state index contributed by atoms with van der Waals surface area (Å²) in [7, 11) is -1.96. The van der Waals surface area contributed by atoms with Crippen LogP contribution in [0.25, 0.3) is 0 Å². The third kappa shape index (κ3) is 8.28. The summed E-state index contributed by atoms with van der Waals surface area (Å²) in [6.07, 6.45) is 2.21. The minimum atomic E-state index is -1.96. The zero-order valence-corrected chi connectivity index (χ0v) is 23.7. The molecule has 0 spiro atoms. The van der Waals surface area contributed by atoms with Gasteiger partial charge in [0.25, 0.3) is 0 Å². The summed E-state index contributed by atoms with van der Waals surface area (Å²) in [5.41, 5.74) is 1.96. The molecular formula is C29H39F2N3O4Si. The molecule has 39 heavy (non-hydrogen) atoms. The van der Waals surface area contributed by atoms with Crippen LogP contribution in [0.1, 0.15) is 76.4 Å². The SMILES string of the molecule is C.CC(=O)Nc1cc2c(cc1F)C(=O)CC2.CC(=O)Nc1cc2c(cc1F)C(C#N)(O[Si](C)(C)C)CC2.[2H]CC. The number of carbonyl (C=O) groups is 3. The standard InChI is InChI=1S/C15H19FN2O2Si.C11H10FNO2.C2H6.CH4/c1-10(19)18-14-7-11-5-6-15(9-17,20-21(2,3)4)12(11)8-13(14)16;1-6(14)13-10-4-7-2-3-11(15)8(7)5-9(10)12;1-2;/h7-8H,5-6H2,1-4H3,(H,18,19);4-5H,2-3H2,1H3,(H,13,14);1-2H3;1H4/i;;1D;. The Morgan fingerprint density at radius 3 is 2.00 bits per heavy atom. The molecule has 1 unspecified atom stereocenters. The molecule has 0 aliphatic heterocycles. The first-order valence-corrected chi connectivity index (χ1v) is 15.7. The van der Waals surface area contributed by atoms with Gasteiger partial charge in [-0.1, -0.05) is 21.3 Å². The second-order valence-electron chi connectivity index (χ2n) is 9.92. The van der Waals surface area contributed by atoms with E-state index in [9.17, 15) is 28.4 Å². The number of amides is 2. The average molecular weight is 561 g/mol. The first-order valence-electron chi connectivity index (χ1n) is 13.0. The highest BCUT2D eigenvalue weighted by Gasteiger charge is 2.44. The molecule has 0 saturated heterocycles. The molecule has 0 aromatic heterocycles. The number of hydrogen-bond donors (Lipinski definition) is 2. The third-order valence-corrected chi connectivity index (χ3v) is 6.73. The normalized spacial score (nSPS) is 17.0. The summed E-state index contributed by atoms with van der Waals surface area (Å²) >= 11 is 0. The number of ketones is 1.